The maximum atomic E-state index is 12.0. The third-order valence-electron chi connectivity index (χ3n) is 3.47. The summed E-state index contributed by atoms with van der Waals surface area (Å²) in [6.07, 6.45) is 1.80. The molecule has 2 rings (SSSR count). The first kappa shape index (κ1) is 15.3. The van der Waals surface area contributed by atoms with E-state index in [1.165, 1.54) is 0 Å². The van der Waals surface area contributed by atoms with E-state index >= 15 is 0 Å². The highest BCUT2D eigenvalue weighted by atomic mass is 16.1. The molecule has 0 saturated carbocycles. The number of nitrogens with zero attached hydrogens (tertiary/aromatic N) is 3. The van der Waals surface area contributed by atoms with Gasteiger partial charge in [0.05, 0.1) is 5.69 Å². The van der Waals surface area contributed by atoms with Crippen LogP contribution >= 0.6 is 0 Å². The number of likely N-dealkylation sites (N-methyl/N-ethyl adjacent to an activating group) is 1. The minimum atomic E-state index is -0.137. The molecule has 0 aliphatic carbocycles. The van der Waals surface area contributed by atoms with Crippen LogP contribution in [0, 0.1) is 0 Å². The Kier molecular flexibility index (Phi) is 5.11. The van der Waals surface area contributed by atoms with Gasteiger partial charge in [-0.25, -0.2) is 4.68 Å². The van der Waals surface area contributed by atoms with E-state index in [2.05, 4.69) is 29.2 Å². The summed E-state index contributed by atoms with van der Waals surface area (Å²) in [5.74, 6) is -0.137. The highest BCUT2D eigenvalue weighted by Gasteiger charge is 2.10. The van der Waals surface area contributed by atoms with Crippen molar-refractivity contribution >= 4 is 5.91 Å². The molecule has 0 saturated heterocycles. The lowest BCUT2D eigenvalue weighted by atomic mass is 10.3. The molecule has 5 nitrogen and oxygen atoms in total. The Balaban J connectivity index is 1.91. The maximum Gasteiger partial charge on any atom is 0.271 e. The maximum absolute atomic E-state index is 12.0. The Morgan fingerprint density at radius 3 is 2.67 bits per heavy atom. The first-order chi connectivity index (χ1) is 10.1. The van der Waals surface area contributed by atoms with Crippen LogP contribution in [0.5, 0.6) is 0 Å². The zero-order chi connectivity index (χ0) is 15.2. The molecular formula is C16H22N4O. The van der Waals surface area contributed by atoms with Crippen molar-refractivity contribution in [2.75, 3.05) is 20.1 Å². The highest BCUT2D eigenvalue weighted by Crippen LogP contribution is 2.06. The van der Waals surface area contributed by atoms with Gasteiger partial charge in [-0.15, -0.1) is 0 Å². The van der Waals surface area contributed by atoms with Gasteiger partial charge < -0.3 is 10.2 Å². The number of hydrogen-bond donors (Lipinski definition) is 1. The second-order valence-electron chi connectivity index (χ2n) is 5.31. The summed E-state index contributed by atoms with van der Waals surface area (Å²) in [6.45, 7) is 5.70. The number of para-hydroxylation sites is 1. The van der Waals surface area contributed by atoms with E-state index < -0.39 is 0 Å². The van der Waals surface area contributed by atoms with Crippen LogP contribution in [0.4, 0.5) is 0 Å². The Bertz CT molecular complexity index is 577. The molecule has 1 aromatic carbocycles. The van der Waals surface area contributed by atoms with Crippen molar-refractivity contribution in [2.45, 2.75) is 19.9 Å². The summed E-state index contributed by atoms with van der Waals surface area (Å²) in [7, 11) is 2.04. The number of rotatable bonds is 6. The van der Waals surface area contributed by atoms with Gasteiger partial charge in [0.1, 0.15) is 0 Å². The largest absolute Gasteiger partial charge is 0.349 e. The van der Waals surface area contributed by atoms with Crippen molar-refractivity contribution in [3.05, 3.63) is 48.3 Å². The molecule has 0 aliphatic heterocycles. The Morgan fingerprint density at radius 2 is 2.00 bits per heavy atom. The molecule has 0 radical (unpaired) electrons. The average Bonchev–Trinajstić information content (AvgIpc) is 2.97. The molecule has 1 N–H and O–H groups in total. The molecule has 0 bridgehead atoms. The fourth-order valence-corrected chi connectivity index (χ4v) is 1.86. The summed E-state index contributed by atoms with van der Waals surface area (Å²) in [4.78, 5) is 14.2. The van der Waals surface area contributed by atoms with Crippen LogP contribution in [0.15, 0.2) is 42.6 Å². The third-order valence-corrected chi connectivity index (χ3v) is 3.47. The zero-order valence-corrected chi connectivity index (χ0v) is 12.8. The average molecular weight is 286 g/mol. The minimum Gasteiger partial charge on any atom is -0.349 e. The molecule has 2 aromatic rings. The van der Waals surface area contributed by atoms with E-state index in [1.807, 2.05) is 37.4 Å². The number of amides is 1. The van der Waals surface area contributed by atoms with E-state index in [9.17, 15) is 4.79 Å². The predicted molar refractivity (Wildman–Crippen MR) is 83.7 cm³/mol. The highest BCUT2D eigenvalue weighted by molar-refractivity contribution is 5.92. The summed E-state index contributed by atoms with van der Waals surface area (Å²) in [6, 6.07) is 11.9. The lowest BCUT2D eigenvalue weighted by molar-refractivity contribution is 0.0942. The van der Waals surface area contributed by atoms with E-state index in [-0.39, 0.29) is 5.91 Å². The Labute approximate surface area is 125 Å². The molecule has 0 spiro atoms. The molecule has 0 aliphatic rings. The van der Waals surface area contributed by atoms with Gasteiger partial charge in [-0.3, -0.25) is 4.79 Å². The standard InChI is InChI=1S/C16H22N4O/c1-13(2)19(3)12-10-17-16(21)15-9-11-20(18-15)14-7-5-4-6-8-14/h4-9,11,13H,10,12H2,1-3H3,(H,17,21). The van der Waals surface area contributed by atoms with Crippen molar-refractivity contribution < 1.29 is 4.79 Å². The fourth-order valence-electron chi connectivity index (χ4n) is 1.86. The van der Waals surface area contributed by atoms with Crippen LogP contribution in [-0.2, 0) is 0 Å². The third kappa shape index (κ3) is 4.16. The van der Waals surface area contributed by atoms with Crippen LogP contribution in [0.3, 0.4) is 0 Å². The normalized spacial score (nSPS) is 11.1. The smallest absolute Gasteiger partial charge is 0.271 e. The van der Waals surface area contributed by atoms with Gasteiger partial charge in [-0.05, 0) is 39.1 Å². The first-order valence-electron chi connectivity index (χ1n) is 7.17. The van der Waals surface area contributed by atoms with E-state index in [4.69, 9.17) is 0 Å². The number of nitrogens with one attached hydrogen (secondary N) is 1. The second-order valence-corrected chi connectivity index (χ2v) is 5.31. The van der Waals surface area contributed by atoms with Gasteiger partial charge >= 0.3 is 0 Å². The number of benzene rings is 1. The number of hydrogen-bond acceptors (Lipinski definition) is 3. The molecule has 112 valence electrons. The van der Waals surface area contributed by atoms with E-state index in [0.717, 1.165) is 12.2 Å². The topological polar surface area (TPSA) is 50.2 Å². The molecule has 21 heavy (non-hydrogen) atoms. The minimum absolute atomic E-state index is 0.137. The summed E-state index contributed by atoms with van der Waals surface area (Å²) < 4.78 is 1.70. The molecule has 0 unspecified atom stereocenters. The SMILES string of the molecule is CC(C)N(C)CCNC(=O)c1ccn(-c2ccccc2)n1. The first-order valence-corrected chi connectivity index (χ1v) is 7.17. The quantitative estimate of drug-likeness (QED) is 0.883. The molecular weight excluding hydrogens is 264 g/mol. The van der Waals surface area contributed by atoms with Crippen LogP contribution < -0.4 is 5.32 Å². The monoisotopic (exact) mass is 286 g/mol. The van der Waals surface area contributed by atoms with Crippen molar-refractivity contribution in [3.63, 3.8) is 0 Å². The number of carbonyl (C=O) groups is 1. The van der Waals surface area contributed by atoms with Crippen LogP contribution in [-0.4, -0.2) is 46.8 Å². The van der Waals surface area contributed by atoms with E-state index in [1.54, 1.807) is 16.9 Å². The van der Waals surface area contributed by atoms with Crippen molar-refractivity contribution in [1.29, 1.82) is 0 Å². The molecule has 0 atom stereocenters. The Morgan fingerprint density at radius 1 is 1.29 bits per heavy atom. The van der Waals surface area contributed by atoms with E-state index in [0.29, 0.717) is 18.3 Å². The molecule has 1 amide bonds. The number of aromatic nitrogens is 2. The van der Waals surface area contributed by atoms with Crippen LogP contribution in [0.25, 0.3) is 5.69 Å². The van der Waals surface area contributed by atoms with Gasteiger partial charge in [0.15, 0.2) is 5.69 Å². The van der Waals surface area contributed by atoms with Gasteiger partial charge in [0, 0.05) is 25.3 Å². The van der Waals surface area contributed by atoms with Crippen LogP contribution in [0.2, 0.25) is 0 Å². The fraction of sp³-hybridized carbons (Fsp3) is 0.375. The molecule has 1 aromatic heterocycles. The lowest BCUT2D eigenvalue weighted by Gasteiger charge is -2.20. The lowest BCUT2D eigenvalue weighted by Crippen LogP contribution is -2.36. The zero-order valence-electron chi connectivity index (χ0n) is 12.8. The summed E-state index contributed by atoms with van der Waals surface area (Å²) in [5, 5.41) is 7.20. The second kappa shape index (κ2) is 7.04. The van der Waals surface area contributed by atoms with Gasteiger partial charge in [-0.1, -0.05) is 18.2 Å². The van der Waals surface area contributed by atoms with Gasteiger partial charge in [-0.2, -0.15) is 5.10 Å². The van der Waals surface area contributed by atoms with Crippen molar-refractivity contribution in [1.82, 2.24) is 20.0 Å². The number of carbonyl (C=O) groups excluding carboxylic acids is 1. The molecule has 5 heteroatoms. The molecule has 1 heterocycles. The van der Waals surface area contributed by atoms with Crippen LogP contribution in [0.1, 0.15) is 24.3 Å². The summed E-state index contributed by atoms with van der Waals surface area (Å²) >= 11 is 0. The van der Waals surface area contributed by atoms with Crippen molar-refractivity contribution in [2.24, 2.45) is 0 Å². The summed E-state index contributed by atoms with van der Waals surface area (Å²) in [5.41, 5.74) is 1.38. The molecule has 0 fully saturated rings. The van der Waals surface area contributed by atoms with Crippen molar-refractivity contribution in [3.8, 4) is 5.69 Å². The van der Waals surface area contributed by atoms with Gasteiger partial charge in [0.25, 0.3) is 5.91 Å². The van der Waals surface area contributed by atoms with Gasteiger partial charge in [0.2, 0.25) is 0 Å². The predicted octanol–water partition coefficient (Wildman–Crippen LogP) is 1.94. The Hall–Kier alpha value is -2.14.